The summed E-state index contributed by atoms with van der Waals surface area (Å²) in [4.78, 5) is 14.2. The molecule has 0 bridgehead atoms. The van der Waals surface area contributed by atoms with Crippen LogP contribution >= 0.6 is 0 Å². The van der Waals surface area contributed by atoms with Gasteiger partial charge in [-0.25, -0.2) is 9.18 Å². The second-order valence-electron chi connectivity index (χ2n) is 11.6. The third-order valence-electron chi connectivity index (χ3n) is 6.11. The average molecular weight is 416 g/mol. The molecular weight excluding hydrogens is 377 g/mol. The largest absolute Gasteiger partial charge is 0.444 e. The van der Waals surface area contributed by atoms with Gasteiger partial charge < -0.3 is 9.64 Å². The molecule has 0 spiro atoms. The first kappa shape index (κ1) is 22.8. The number of amides is 1. The minimum Gasteiger partial charge on any atom is -0.444 e. The quantitative estimate of drug-likeness (QED) is 0.512. The molecule has 4 heteroatoms. The summed E-state index contributed by atoms with van der Waals surface area (Å²) in [6.07, 6.45) is 5.95. The van der Waals surface area contributed by atoms with Crippen LogP contribution in [0.1, 0.15) is 91.2 Å². The Hall–Kier alpha value is -1.84. The summed E-state index contributed by atoms with van der Waals surface area (Å²) < 4.78 is 19.8. The lowest BCUT2D eigenvalue weighted by atomic mass is 9.65. The van der Waals surface area contributed by atoms with Gasteiger partial charge in [-0.05, 0) is 92.0 Å². The van der Waals surface area contributed by atoms with Crippen molar-refractivity contribution in [1.29, 1.82) is 0 Å². The second kappa shape index (κ2) is 8.01. The lowest BCUT2D eigenvalue weighted by Gasteiger charge is -2.40. The maximum atomic E-state index is 14.3. The standard InChI is InChI=1S/C26H38FNO2/c1-24(2,3)30-23(29)28-12-10-18(11-13-28)22-14-20(27)8-9-21(22)19-15-25(4,5)17-26(6,7)16-19/h8-9,14-15,18H,10-13,16-17H2,1-7H3. The Morgan fingerprint density at radius 3 is 2.33 bits per heavy atom. The number of benzene rings is 1. The number of hydrogen-bond acceptors (Lipinski definition) is 2. The zero-order valence-corrected chi connectivity index (χ0v) is 19.8. The monoisotopic (exact) mass is 415 g/mol. The molecule has 0 atom stereocenters. The number of carbonyl (C=O) groups excluding carboxylic acids is 1. The minimum atomic E-state index is -0.489. The molecule has 0 radical (unpaired) electrons. The van der Waals surface area contributed by atoms with E-state index in [1.54, 1.807) is 17.0 Å². The Morgan fingerprint density at radius 1 is 1.13 bits per heavy atom. The molecule has 3 rings (SSSR count). The molecule has 166 valence electrons. The molecule has 0 aromatic heterocycles. The fourth-order valence-electron chi connectivity index (χ4n) is 5.42. The van der Waals surface area contributed by atoms with Crippen LogP contribution in [0.2, 0.25) is 0 Å². The summed E-state index contributed by atoms with van der Waals surface area (Å²) in [5.74, 6) is 0.0710. The zero-order valence-electron chi connectivity index (χ0n) is 19.8. The number of likely N-dealkylation sites (tertiary alicyclic amines) is 1. The summed E-state index contributed by atoms with van der Waals surface area (Å²) in [5.41, 5.74) is 3.48. The lowest BCUT2D eigenvalue weighted by molar-refractivity contribution is 0.0204. The third-order valence-corrected chi connectivity index (χ3v) is 6.11. The van der Waals surface area contributed by atoms with E-state index in [0.717, 1.165) is 31.2 Å². The van der Waals surface area contributed by atoms with Gasteiger partial charge in [0.25, 0.3) is 0 Å². The van der Waals surface area contributed by atoms with Crippen LogP contribution in [0, 0.1) is 16.6 Å². The van der Waals surface area contributed by atoms with Gasteiger partial charge >= 0.3 is 6.09 Å². The first-order valence-corrected chi connectivity index (χ1v) is 11.2. The van der Waals surface area contributed by atoms with Gasteiger partial charge in [-0.1, -0.05) is 39.8 Å². The van der Waals surface area contributed by atoms with Crippen molar-refractivity contribution in [3.63, 3.8) is 0 Å². The van der Waals surface area contributed by atoms with E-state index in [1.807, 2.05) is 26.8 Å². The summed E-state index contributed by atoms with van der Waals surface area (Å²) in [5, 5.41) is 0. The van der Waals surface area contributed by atoms with Crippen LogP contribution in [0.4, 0.5) is 9.18 Å². The van der Waals surface area contributed by atoms with Crippen molar-refractivity contribution in [2.24, 2.45) is 10.8 Å². The Balaban J connectivity index is 1.82. The molecule has 2 aliphatic rings. The summed E-state index contributed by atoms with van der Waals surface area (Å²) in [6.45, 7) is 16.2. The molecule has 0 N–H and O–H groups in total. The fourth-order valence-corrected chi connectivity index (χ4v) is 5.42. The van der Waals surface area contributed by atoms with Gasteiger partial charge in [0.05, 0.1) is 0 Å². The van der Waals surface area contributed by atoms with E-state index in [4.69, 9.17) is 4.74 Å². The number of halogens is 1. The van der Waals surface area contributed by atoms with Crippen molar-refractivity contribution in [3.05, 3.63) is 41.2 Å². The predicted octanol–water partition coefficient (Wildman–Crippen LogP) is 7.17. The molecule has 0 unspecified atom stereocenters. The summed E-state index contributed by atoms with van der Waals surface area (Å²) >= 11 is 0. The Labute approximate surface area is 181 Å². The third kappa shape index (κ3) is 5.65. The molecule has 1 aliphatic heterocycles. The highest BCUT2D eigenvalue weighted by molar-refractivity contribution is 5.71. The Morgan fingerprint density at radius 2 is 1.77 bits per heavy atom. The van der Waals surface area contributed by atoms with Crippen LogP contribution in [0.15, 0.2) is 24.3 Å². The van der Waals surface area contributed by atoms with Crippen LogP contribution in [-0.2, 0) is 4.74 Å². The molecule has 3 nitrogen and oxygen atoms in total. The first-order chi connectivity index (χ1) is 13.7. The molecule has 1 fully saturated rings. The topological polar surface area (TPSA) is 29.5 Å². The van der Waals surface area contributed by atoms with Crippen molar-refractivity contribution in [3.8, 4) is 0 Å². The van der Waals surface area contributed by atoms with E-state index in [9.17, 15) is 9.18 Å². The van der Waals surface area contributed by atoms with Gasteiger partial charge in [-0.3, -0.25) is 0 Å². The number of nitrogens with zero attached hydrogens (tertiary/aromatic N) is 1. The smallest absolute Gasteiger partial charge is 0.410 e. The number of carbonyl (C=O) groups is 1. The molecule has 30 heavy (non-hydrogen) atoms. The number of hydrogen-bond donors (Lipinski definition) is 0. The van der Waals surface area contributed by atoms with Gasteiger partial charge in [0.15, 0.2) is 0 Å². The van der Waals surface area contributed by atoms with Gasteiger partial charge in [-0.15, -0.1) is 0 Å². The zero-order chi connectivity index (χ0) is 22.3. The van der Waals surface area contributed by atoms with Crippen LogP contribution in [0.3, 0.4) is 0 Å². The van der Waals surface area contributed by atoms with E-state index in [2.05, 4.69) is 33.8 Å². The van der Waals surface area contributed by atoms with Gasteiger partial charge in [0, 0.05) is 13.1 Å². The van der Waals surface area contributed by atoms with E-state index in [1.165, 1.54) is 11.1 Å². The maximum absolute atomic E-state index is 14.3. The Kier molecular flexibility index (Phi) is 6.10. The Bertz CT molecular complexity index is 824. The van der Waals surface area contributed by atoms with Crippen LogP contribution in [0.5, 0.6) is 0 Å². The maximum Gasteiger partial charge on any atom is 0.410 e. The normalized spacial score (nSPS) is 21.9. The molecular formula is C26H38FNO2. The molecule has 0 saturated carbocycles. The number of ether oxygens (including phenoxy) is 1. The van der Waals surface area contributed by atoms with Crippen molar-refractivity contribution >= 4 is 11.7 Å². The van der Waals surface area contributed by atoms with Crippen molar-refractivity contribution in [2.45, 2.75) is 85.7 Å². The minimum absolute atomic E-state index is 0.128. The molecule has 1 amide bonds. The van der Waals surface area contributed by atoms with E-state index in [-0.39, 0.29) is 28.7 Å². The number of allylic oxidation sites excluding steroid dienone is 2. The van der Waals surface area contributed by atoms with Crippen LogP contribution < -0.4 is 0 Å². The van der Waals surface area contributed by atoms with Gasteiger partial charge in [-0.2, -0.15) is 0 Å². The van der Waals surface area contributed by atoms with Crippen molar-refractivity contribution in [2.75, 3.05) is 13.1 Å². The predicted molar refractivity (Wildman–Crippen MR) is 121 cm³/mol. The summed E-state index contributed by atoms with van der Waals surface area (Å²) in [6, 6.07) is 5.27. The molecule has 1 heterocycles. The summed E-state index contributed by atoms with van der Waals surface area (Å²) in [7, 11) is 0. The highest BCUT2D eigenvalue weighted by atomic mass is 19.1. The second-order valence-corrected chi connectivity index (χ2v) is 11.6. The first-order valence-electron chi connectivity index (χ1n) is 11.2. The van der Waals surface area contributed by atoms with Gasteiger partial charge in [0.2, 0.25) is 0 Å². The van der Waals surface area contributed by atoms with Crippen LogP contribution in [0.25, 0.3) is 5.57 Å². The fraction of sp³-hybridized carbons (Fsp3) is 0.654. The number of piperidine rings is 1. The SMILES string of the molecule is CC1(C)C=C(c2ccc(F)cc2C2CCN(C(=O)OC(C)(C)C)CC2)CC(C)(C)C1. The van der Waals surface area contributed by atoms with Crippen LogP contribution in [-0.4, -0.2) is 29.7 Å². The van der Waals surface area contributed by atoms with Crippen molar-refractivity contribution in [1.82, 2.24) is 4.90 Å². The highest BCUT2D eigenvalue weighted by Gasteiger charge is 2.35. The molecule has 1 aliphatic carbocycles. The van der Waals surface area contributed by atoms with Crippen molar-refractivity contribution < 1.29 is 13.9 Å². The van der Waals surface area contributed by atoms with E-state index in [0.29, 0.717) is 13.1 Å². The number of rotatable bonds is 2. The molecule has 1 aromatic carbocycles. The van der Waals surface area contributed by atoms with Gasteiger partial charge in [0.1, 0.15) is 11.4 Å². The average Bonchev–Trinajstić information content (AvgIpc) is 2.57. The van der Waals surface area contributed by atoms with E-state index >= 15 is 0 Å². The molecule has 1 saturated heterocycles. The lowest BCUT2D eigenvalue weighted by Crippen LogP contribution is -2.41. The molecule has 1 aromatic rings. The van der Waals surface area contributed by atoms with E-state index < -0.39 is 5.60 Å². The highest BCUT2D eigenvalue weighted by Crippen LogP contribution is 2.48.